The Morgan fingerprint density at radius 1 is 0.850 bits per heavy atom. The SMILES string of the molecule is C=CCOc1c(C(=O)Nc2ccc(C(=O)OC(C)(C)C)cc2)ccc(C(=O)Nc2ccc(N)cc2)c1OC(C)C. The summed E-state index contributed by atoms with van der Waals surface area (Å²) in [7, 11) is 0. The largest absolute Gasteiger partial charge is 0.486 e. The minimum atomic E-state index is -0.625. The van der Waals surface area contributed by atoms with Gasteiger partial charge >= 0.3 is 5.97 Å². The van der Waals surface area contributed by atoms with E-state index < -0.39 is 23.4 Å². The topological polar surface area (TPSA) is 129 Å². The molecule has 0 heterocycles. The molecule has 3 aromatic carbocycles. The van der Waals surface area contributed by atoms with E-state index in [9.17, 15) is 14.4 Å². The molecule has 0 atom stereocenters. The Kier molecular flexibility index (Phi) is 9.55. The minimum absolute atomic E-state index is 0.0718. The first-order valence-electron chi connectivity index (χ1n) is 12.8. The number of carbonyl (C=O) groups excluding carboxylic acids is 3. The van der Waals surface area contributed by atoms with E-state index in [1.165, 1.54) is 18.2 Å². The maximum Gasteiger partial charge on any atom is 0.338 e. The van der Waals surface area contributed by atoms with Crippen molar-refractivity contribution in [3.8, 4) is 11.5 Å². The van der Waals surface area contributed by atoms with Crippen molar-refractivity contribution >= 4 is 34.8 Å². The fraction of sp³-hybridized carbons (Fsp3) is 0.258. The van der Waals surface area contributed by atoms with Crippen LogP contribution in [0.4, 0.5) is 17.1 Å². The van der Waals surface area contributed by atoms with Gasteiger partial charge in [-0.3, -0.25) is 9.59 Å². The molecule has 40 heavy (non-hydrogen) atoms. The molecule has 0 spiro atoms. The van der Waals surface area contributed by atoms with Crippen LogP contribution in [0.25, 0.3) is 0 Å². The van der Waals surface area contributed by atoms with Crippen molar-refractivity contribution in [1.82, 2.24) is 0 Å². The zero-order chi connectivity index (χ0) is 29.4. The van der Waals surface area contributed by atoms with E-state index in [0.717, 1.165) is 0 Å². The number of benzene rings is 3. The highest BCUT2D eigenvalue weighted by atomic mass is 16.6. The van der Waals surface area contributed by atoms with Crippen molar-refractivity contribution in [2.45, 2.75) is 46.3 Å². The summed E-state index contributed by atoms with van der Waals surface area (Å²) in [6.07, 6.45) is 1.20. The van der Waals surface area contributed by atoms with Gasteiger partial charge in [0.2, 0.25) is 0 Å². The fourth-order valence-electron chi connectivity index (χ4n) is 3.55. The molecule has 9 heteroatoms. The Balaban J connectivity index is 1.93. The molecule has 9 nitrogen and oxygen atoms in total. The van der Waals surface area contributed by atoms with E-state index in [0.29, 0.717) is 22.6 Å². The number of ether oxygens (including phenoxy) is 3. The first kappa shape index (κ1) is 29.8. The fourth-order valence-corrected chi connectivity index (χ4v) is 3.55. The first-order valence-corrected chi connectivity index (χ1v) is 12.8. The molecule has 0 aliphatic carbocycles. The van der Waals surface area contributed by atoms with Crippen LogP contribution in [-0.4, -0.2) is 36.1 Å². The van der Waals surface area contributed by atoms with E-state index in [-0.39, 0.29) is 35.3 Å². The monoisotopic (exact) mass is 545 g/mol. The van der Waals surface area contributed by atoms with Gasteiger partial charge in [-0.05, 0) is 95.3 Å². The number of nitrogens with one attached hydrogen (secondary N) is 2. The summed E-state index contributed by atoms with van der Waals surface area (Å²) in [6, 6.07) is 16.0. The molecule has 0 radical (unpaired) electrons. The van der Waals surface area contributed by atoms with Gasteiger partial charge in [0.05, 0.1) is 22.8 Å². The summed E-state index contributed by atoms with van der Waals surface area (Å²) in [5.74, 6) is -1.19. The van der Waals surface area contributed by atoms with Gasteiger partial charge in [-0.15, -0.1) is 0 Å². The number of amides is 2. The first-order chi connectivity index (χ1) is 18.9. The predicted octanol–water partition coefficient (Wildman–Crippen LogP) is 6.08. The second kappa shape index (κ2) is 12.8. The molecule has 0 aromatic heterocycles. The van der Waals surface area contributed by atoms with Crippen LogP contribution in [0.2, 0.25) is 0 Å². The van der Waals surface area contributed by atoms with Gasteiger partial charge in [0, 0.05) is 17.1 Å². The Labute approximate surface area is 234 Å². The van der Waals surface area contributed by atoms with Crippen LogP contribution in [0.15, 0.2) is 73.3 Å². The maximum atomic E-state index is 13.4. The molecule has 0 saturated carbocycles. The van der Waals surface area contributed by atoms with Gasteiger partial charge in [0.1, 0.15) is 12.2 Å². The molecule has 0 saturated heterocycles. The lowest BCUT2D eigenvalue weighted by molar-refractivity contribution is 0.00693. The molecule has 0 fully saturated rings. The highest BCUT2D eigenvalue weighted by molar-refractivity contribution is 6.11. The number of anilines is 3. The molecule has 0 unspecified atom stereocenters. The van der Waals surface area contributed by atoms with Crippen LogP contribution in [-0.2, 0) is 4.74 Å². The number of rotatable bonds is 10. The quantitative estimate of drug-likeness (QED) is 0.160. The molecule has 4 N–H and O–H groups in total. The van der Waals surface area contributed by atoms with Crippen molar-refractivity contribution in [1.29, 1.82) is 0 Å². The van der Waals surface area contributed by atoms with Gasteiger partial charge in [0.15, 0.2) is 11.5 Å². The van der Waals surface area contributed by atoms with E-state index >= 15 is 0 Å². The number of nitrogens with two attached hydrogens (primary N) is 1. The average molecular weight is 546 g/mol. The van der Waals surface area contributed by atoms with Crippen LogP contribution in [0.1, 0.15) is 65.7 Å². The third kappa shape index (κ3) is 8.10. The van der Waals surface area contributed by atoms with Gasteiger partial charge in [0.25, 0.3) is 11.8 Å². The lowest BCUT2D eigenvalue weighted by Gasteiger charge is -2.21. The summed E-state index contributed by atoms with van der Waals surface area (Å²) < 4.78 is 17.3. The summed E-state index contributed by atoms with van der Waals surface area (Å²) in [4.78, 5) is 38.9. The van der Waals surface area contributed by atoms with Crippen molar-refractivity contribution in [2.24, 2.45) is 0 Å². The molecule has 0 bridgehead atoms. The number of carbonyl (C=O) groups is 3. The third-order valence-corrected chi connectivity index (χ3v) is 5.25. The van der Waals surface area contributed by atoms with Crippen LogP contribution >= 0.6 is 0 Å². The predicted molar refractivity (Wildman–Crippen MR) is 156 cm³/mol. The summed E-state index contributed by atoms with van der Waals surface area (Å²) in [5.41, 5.74) is 7.36. The van der Waals surface area contributed by atoms with E-state index in [2.05, 4.69) is 17.2 Å². The Morgan fingerprint density at radius 3 is 1.82 bits per heavy atom. The van der Waals surface area contributed by atoms with Crippen molar-refractivity contribution in [3.63, 3.8) is 0 Å². The average Bonchev–Trinajstić information content (AvgIpc) is 2.88. The number of hydrogen-bond acceptors (Lipinski definition) is 7. The summed E-state index contributed by atoms with van der Waals surface area (Å²) in [5, 5.41) is 5.61. The summed E-state index contributed by atoms with van der Waals surface area (Å²) in [6.45, 7) is 12.7. The van der Waals surface area contributed by atoms with E-state index in [1.807, 2.05) is 0 Å². The zero-order valence-corrected chi connectivity index (χ0v) is 23.4. The number of nitrogen functional groups attached to an aromatic ring is 1. The van der Waals surface area contributed by atoms with Gasteiger partial charge in [-0.1, -0.05) is 12.7 Å². The van der Waals surface area contributed by atoms with Crippen molar-refractivity contribution < 1.29 is 28.6 Å². The zero-order valence-electron chi connectivity index (χ0n) is 23.4. The minimum Gasteiger partial charge on any atom is -0.486 e. The second-order valence-corrected chi connectivity index (χ2v) is 10.2. The molecule has 3 rings (SSSR count). The molecular formula is C31H35N3O6. The Bertz CT molecular complexity index is 1370. The lowest BCUT2D eigenvalue weighted by atomic mass is 10.1. The van der Waals surface area contributed by atoms with E-state index in [1.54, 1.807) is 83.1 Å². The second-order valence-electron chi connectivity index (χ2n) is 10.2. The smallest absolute Gasteiger partial charge is 0.338 e. The molecular weight excluding hydrogens is 510 g/mol. The Hall–Kier alpha value is -4.79. The van der Waals surface area contributed by atoms with Crippen LogP contribution in [0.3, 0.4) is 0 Å². The number of hydrogen-bond donors (Lipinski definition) is 3. The molecule has 0 aliphatic heterocycles. The normalized spacial score (nSPS) is 10.9. The van der Waals surface area contributed by atoms with Crippen LogP contribution in [0, 0.1) is 0 Å². The Morgan fingerprint density at radius 2 is 1.35 bits per heavy atom. The third-order valence-electron chi connectivity index (χ3n) is 5.25. The standard InChI is InChI=1S/C31H35N3O6/c1-7-18-38-26-24(28(35)33-22-12-8-20(9-13-22)30(37)40-31(4,5)6)16-17-25(27(26)39-19(2)3)29(36)34-23-14-10-21(32)11-15-23/h7-17,19H,1,18,32H2,2-6H3,(H,33,35)(H,34,36). The maximum absolute atomic E-state index is 13.4. The molecule has 2 amide bonds. The van der Waals surface area contributed by atoms with Crippen molar-refractivity contribution in [3.05, 3.63) is 90.0 Å². The van der Waals surface area contributed by atoms with Crippen LogP contribution in [0.5, 0.6) is 11.5 Å². The molecule has 0 aliphatic rings. The lowest BCUT2D eigenvalue weighted by Crippen LogP contribution is -2.23. The summed E-state index contributed by atoms with van der Waals surface area (Å²) >= 11 is 0. The van der Waals surface area contributed by atoms with E-state index in [4.69, 9.17) is 19.9 Å². The van der Waals surface area contributed by atoms with Gasteiger partial charge < -0.3 is 30.6 Å². The van der Waals surface area contributed by atoms with Crippen molar-refractivity contribution in [2.75, 3.05) is 23.0 Å². The highest BCUT2D eigenvalue weighted by Crippen LogP contribution is 2.37. The van der Waals surface area contributed by atoms with Gasteiger partial charge in [-0.25, -0.2) is 4.79 Å². The molecule has 210 valence electrons. The number of esters is 1. The van der Waals surface area contributed by atoms with Gasteiger partial charge in [-0.2, -0.15) is 0 Å². The molecule has 3 aromatic rings. The highest BCUT2D eigenvalue weighted by Gasteiger charge is 2.26. The van der Waals surface area contributed by atoms with Crippen LogP contribution < -0.4 is 25.8 Å².